The van der Waals surface area contributed by atoms with Gasteiger partial charge >= 0.3 is 5.92 Å². The van der Waals surface area contributed by atoms with Gasteiger partial charge in [0.2, 0.25) is 0 Å². The lowest BCUT2D eigenvalue weighted by atomic mass is 9.81. The van der Waals surface area contributed by atoms with Crippen molar-refractivity contribution in [3.8, 4) is 6.07 Å². The van der Waals surface area contributed by atoms with Gasteiger partial charge in [0, 0.05) is 5.92 Å². The molecule has 0 aromatic carbocycles. The first-order chi connectivity index (χ1) is 4.17. The molecule has 1 aliphatic rings. The summed E-state index contributed by atoms with van der Waals surface area (Å²) in [5.74, 6) is -3.71. The van der Waals surface area contributed by atoms with Crippen LogP contribution in [0.15, 0.2) is 0 Å². The summed E-state index contributed by atoms with van der Waals surface area (Å²) in [7, 11) is 0. The maximum atomic E-state index is 12.2. The van der Waals surface area contributed by atoms with Crippen LogP contribution in [0, 0.1) is 17.2 Å². The number of halogens is 2. The second-order valence-electron chi connectivity index (χ2n) is 2.36. The summed E-state index contributed by atoms with van der Waals surface area (Å²) in [4.78, 5) is 0. The second-order valence-corrected chi connectivity index (χ2v) is 2.36. The zero-order chi connectivity index (χ0) is 6.91. The summed E-state index contributed by atoms with van der Waals surface area (Å²) in [5.41, 5.74) is 0. The van der Waals surface area contributed by atoms with Crippen LogP contribution in [0.3, 0.4) is 0 Å². The first-order valence-electron chi connectivity index (χ1n) is 2.96. The first kappa shape index (κ1) is 6.47. The molecule has 50 valence electrons. The van der Waals surface area contributed by atoms with Crippen molar-refractivity contribution in [1.29, 1.82) is 5.26 Å². The van der Waals surface area contributed by atoms with Crippen LogP contribution in [0.25, 0.3) is 0 Å². The van der Waals surface area contributed by atoms with Crippen molar-refractivity contribution >= 4 is 0 Å². The molecule has 1 aliphatic carbocycles. The summed E-state index contributed by atoms with van der Waals surface area (Å²) in [5, 5.41) is 7.93. The molecule has 1 saturated carbocycles. The third-order valence-corrected chi connectivity index (χ3v) is 1.77. The van der Waals surface area contributed by atoms with Crippen molar-refractivity contribution in [3.63, 3.8) is 0 Å². The van der Waals surface area contributed by atoms with Crippen LogP contribution in [0.5, 0.6) is 0 Å². The Morgan fingerprint density at radius 1 is 1.44 bits per heavy atom. The number of alkyl halides is 2. The number of nitriles is 1. The van der Waals surface area contributed by atoms with E-state index in [-0.39, 0.29) is 0 Å². The highest BCUT2D eigenvalue weighted by Crippen LogP contribution is 2.39. The van der Waals surface area contributed by atoms with E-state index < -0.39 is 11.8 Å². The summed E-state index contributed by atoms with van der Waals surface area (Å²) in [6.45, 7) is 0. The minimum absolute atomic E-state index is 0.514. The van der Waals surface area contributed by atoms with Crippen LogP contribution in [-0.4, -0.2) is 5.92 Å². The Balaban J connectivity index is 2.50. The molecule has 0 saturated heterocycles. The van der Waals surface area contributed by atoms with Gasteiger partial charge < -0.3 is 0 Å². The molecule has 1 nitrogen and oxygen atoms in total. The van der Waals surface area contributed by atoms with Crippen molar-refractivity contribution in [2.75, 3.05) is 0 Å². The Bertz CT molecular complexity index is 144. The highest BCUT2D eigenvalue weighted by molar-refractivity contribution is 4.99. The molecule has 0 aliphatic heterocycles. The Labute approximate surface area is 52.3 Å². The molecule has 0 heterocycles. The van der Waals surface area contributed by atoms with Gasteiger partial charge in [-0.25, -0.2) is 0 Å². The van der Waals surface area contributed by atoms with Crippen molar-refractivity contribution in [2.45, 2.75) is 25.2 Å². The smallest absolute Gasteiger partial charge is 0.192 e. The Morgan fingerprint density at radius 3 is 2.11 bits per heavy atom. The van der Waals surface area contributed by atoms with Gasteiger partial charge in [-0.3, -0.25) is 0 Å². The molecular formula is C6H7F2N. The molecule has 0 aromatic rings. The van der Waals surface area contributed by atoms with Crippen LogP contribution >= 0.6 is 0 Å². The van der Waals surface area contributed by atoms with E-state index in [1.165, 1.54) is 0 Å². The average molecular weight is 131 g/mol. The fourth-order valence-electron chi connectivity index (χ4n) is 0.862. The minimum Gasteiger partial charge on any atom is -0.192 e. The minimum atomic E-state index is -3.06. The summed E-state index contributed by atoms with van der Waals surface area (Å²) in [6.07, 6.45) is 1.88. The van der Waals surface area contributed by atoms with Crippen LogP contribution < -0.4 is 0 Å². The molecule has 0 amide bonds. The molecular weight excluding hydrogens is 124 g/mol. The molecule has 9 heavy (non-hydrogen) atoms. The lowest BCUT2D eigenvalue weighted by molar-refractivity contribution is -0.0353. The number of hydrogen-bond donors (Lipinski definition) is 0. The maximum absolute atomic E-state index is 12.2. The molecule has 3 heteroatoms. The van der Waals surface area contributed by atoms with Gasteiger partial charge in [0.25, 0.3) is 0 Å². The SMILES string of the molecule is N#CC(F)(F)C1CCC1. The average Bonchev–Trinajstić information content (AvgIpc) is 1.60. The zero-order valence-corrected chi connectivity index (χ0v) is 4.90. The molecule has 1 rings (SSSR count). The molecule has 0 N–H and O–H groups in total. The number of hydrogen-bond acceptors (Lipinski definition) is 1. The fraction of sp³-hybridized carbons (Fsp3) is 0.833. The number of rotatable bonds is 1. The van der Waals surface area contributed by atoms with E-state index >= 15 is 0 Å². The van der Waals surface area contributed by atoms with Gasteiger partial charge in [-0.1, -0.05) is 6.42 Å². The van der Waals surface area contributed by atoms with Gasteiger partial charge in [0.05, 0.1) is 0 Å². The standard InChI is InChI=1S/C6H7F2N/c7-6(8,4-9)5-2-1-3-5/h5H,1-3H2. The van der Waals surface area contributed by atoms with Gasteiger partial charge in [0.15, 0.2) is 0 Å². The quantitative estimate of drug-likeness (QED) is 0.533. The highest BCUT2D eigenvalue weighted by Gasteiger charge is 2.42. The first-order valence-corrected chi connectivity index (χ1v) is 2.96. The van der Waals surface area contributed by atoms with Gasteiger partial charge in [0.1, 0.15) is 6.07 Å². The van der Waals surface area contributed by atoms with Crippen LogP contribution in [0.1, 0.15) is 19.3 Å². The Kier molecular flexibility index (Phi) is 1.40. The summed E-state index contributed by atoms with van der Waals surface area (Å²) < 4.78 is 24.5. The number of nitrogens with zero attached hydrogens (tertiary/aromatic N) is 1. The normalized spacial score (nSPS) is 20.6. The maximum Gasteiger partial charge on any atom is 0.334 e. The van der Waals surface area contributed by atoms with Gasteiger partial charge in [-0.2, -0.15) is 14.0 Å². The Hall–Kier alpha value is -0.650. The summed E-state index contributed by atoms with van der Waals surface area (Å²) >= 11 is 0. The predicted molar refractivity (Wildman–Crippen MR) is 27.9 cm³/mol. The highest BCUT2D eigenvalue weighted by atomic mass is 19.3. The predicted octanol–water partition coefficient (Wildman–Crippen LogP) is 1.95. The lowest BCUT2D eigenvalue weighted by Crippen LogP contribution is -2.31. The van der Waals surface area contributed by atoms with Crippen LogP contribution in [0.2, 0.25) is 0 Å². The molecule has 0 aromatic heterocycles. The van der Waals surface area contributed by atoms with Crippen LogP contribution in [0.4, 0.5) is 8.78 Å². The monoisotopic (exact) mass is 131 g/mol. The molecule has 0 spiro atoms. The Morgan fingerprint density at radius 2 is 2.00 bits per heavy atom. The van der Waals surface area contributed by atoms with E-state index in [2.05, 4.69) is 0 Å². The fourth-order valence-corrected chi connectivity index (χ4v) is 0.862. The van der Waals surface area contributed by atoms with E-state index in [0.717, 1.165) is 12.5 Å². The van der Waals surface area contributed by atoms with Gasteiger partial charge in [-0.15, -0.1) is 0 Å². The second kappa shape index (κ2) is 1.94. The third kappa shape index (κ3) is 1.02. The van der Waals surface area contributed by atoms with Crippen LogP contribution in [-0.2, 0) is 0 Å². The van der Waals surface area contributed by atoms with Crippen molar-refractivity contribution in [2.24, 2.45) is 5.92 Å². The molecule has 0 atom stereocenters. The van der Waals surface area contributed by atoms with E-state index in [1.807, 2.05) is 0 Å². The van der Waals surface area contributed by atoms with Gasteiger partial charge in [-0.05, 0) is 12.8 Å². The molecule has 0 unspecified atom stereocenters. The molecule has 1 fully saturated rings. The van der Waals surface area contributed by atoms with E-state index in [1.54, 1.807) is 0 Å². The zero-order valence-electron chi connectivity index (χ0n) is 4.90. The molecule has 0 bridgehead atoms. The van der Waals surface area contributed by atoms with Crippen molar-refractivity contribution < 1.29 is 8.78 Å². The molecule has 0 radical (unpaired) electrons. The van der Waals surface area contributed by atoms with Crippen molar-refractivity contribution in [1.82, 2.24) is 0 Å². The lowest BCUT2D eigenvalue weighted by Gasteiger charge is -2.28. The third-order valence-electron chi connectivity index (χ3n) is 1.77. The van der Waals surface area contributed by atoms with Crippen molar-refractivity contribution in [3.05, 3.63) is 0 Å². The van der Waals surface area contributed by atoms with E-state index in [0.29, 0.717) is 12.8 Å². The van der Waals surface area contributed by atoms with E-state index in [4.69, 9.17) is 5.26 Å². The van der Waals surface area contributed by atoms with E-state index in [9.17, 15) is 8.78 Å². The largest absolute Gasteiger partial charge is 0.334 e. The summed E-state index contributed by atoms with van der Waals surface area (Å²) in [6, 6.07) is 1.01. The topological polar surface area (TPSA) is 23.8 Å².